The Balaban J connectivity index is 2.02. The number of amides is 2. The molecule has 0 bridgehead atoms. The molecule has 0 fully saturated rings. The second-order valence-corrected chi connectivity index (χ2v) is 7.85. The van der Waals surface area contributed by atoms with Crippen LogP contribution in [0.3, 0.4) is 0 Å². The molecule has 2 amide bonds. The van der Waals surface area contributed by atoms with Crippen LogP contribution < -0.4 is 16.6 Å². The summed E-state index contributed by atoms with van der Waals surface area (Å²) < 4.78 is 1.32. The van der Waals surface area contributed by atoms with Crippen LogP contribution in [0.15, 0.2) is 29.3 Å². The van der Waals surface area contributed by atoms with Gasteiger partial charge in [-0.15, -0.1) is 11.3 Å². The Labute approximate surface area is 166 Å². The van der Waals surface area contributed by atoms with Crippen molar-refractivity contribution >= 4 is 39.1 Å². The van der Waals surface area contributed by atoms with Gasteiger partial charge < -0.3 is 11.1 Å². The predicted octanol–water partition coefficient (Wildman–Crippen LogP) is 3.07. The number of aromatic nitrogens is 2. The topological polar surface area (TPSA) is 107 Å². The summed E-state index contributed by atoms with van der Waals surface area (Å²) in [7, 11) is 0. The number of nitrogens with zero attached hydrogens (tertiary/aromatic N) is 2. The monoisotopic (exact) mass is 398 g/mol. The van der Waals surface area contributed by atoms with E-state index in [0.717, 1.165) is 22.5 Å². The lowest BCUT2D eigenvalue weighted by Crippen LogP contribution is -2.33. The van der Waals surface area contributed by atoms with Crippen molar-refractivity contribution < 1.29 is 9.59 Å². The van der Waals surface area contributed by atoms with E-state index in [0.29, 0.717) is 32.8 Å². The van der Waals surface area contributed by atoms with E-state index in [1.165, 1.54) is 10.9 Å². The van der Waals surface area contributed by atoms with E-state index >= 15 is 0 Å². The number of thiophene rings is 1. The lowest BCUT2D eigenvalue weighted by Gasteiger charge is -2.18. The Kier molecular flexibility index (Phi) is 5.33. The normalized spacial score (nSPS) is 12.1. The fraction of sp³-hybridized carbons (Fsp3) is 0.300. The zero-order valence-electron chi connectivity index (χ0n) is 16.2. The predicted molar refractivity (Wildman–Crippen MR) is 111 cm³/mol. The number of nitrogens with two attached hydrogens (primary N) is 1. The van der Waals surface area contributed by atoms with Crippen molar-refractivity contribution in [3.63, 3.8) is 0 Å². The Morgan fingerprint density at radius 2 is 1.86 bits per heavy atom. The zero-order valence-corrected chi connectivity index (χ0v) is 17.0. The first-order valence-electron chi connectivity index (χ1n) is 8.92. The van der Waals surface area contributed by atoms with Gasteiger partial charge in [0.1, 0.15) is 10.9 Å². The molecule has 0 spiro atoms. The van der Waals surface area contributed by atoms with E-state index < -0.39 is 11.9 Å². The number of carbonyl (C=O) groups is 2. The number of benzene rings is 1. The molecule has 0 saturated heterocycles. The molecule has 1 unspecified atom stereocenters. The minimum Gasteiger partial charge on any atom is -0.365 e. The Morgan fingerprint density at radius 1 is 1.21 bits per heavy atom. The summed E-state index contributed by atoms with van der Waals surface area (Å²) >= 11 is 1.09. The van der Waals surface area contributed by atoms with Crippen LogP contribution in [0, 0.1) is 20.8 Å². The van der Waals surface area contributed by atoms with Crippen molar-refractivity contribution in [1.29, 1.82) is 0 Å². The average Bonchev–Trinajstić information content (AvgIpc) is 2.94. The van der Waals surface area contributed by atoms with Crippen LogP contribution in [-0.4, -0.2) is 21.4 Å². The molecule has 2 aromatic heterocycles. The van der Waals surface area contributed by atoms with Crippen molar-refractivity contribution in [1.82, 2.24) is 9.55 Å². The molecule has 0 radical (unpaired) electrons. The molecule has 7 nitrogen and oxygen atoms in total. The average molecular weight is 398 g/mol. The lowest BCUT2D eigenvalue weighted by molar-refractivity contribution is -0.119. The summed E-state index contributed by atoms with van der Waals surface area (Å²) in [5.41, 5.74) is 8.30. The summed E-state index contributed by atoms with van der Waals surface area (Å²) in [6.45, 7) is 7.41. The largest absolute Gasteiger partial charge is 0.365 e. The van der Waals surface area contributed by atoms with Gasteiger partial charge in [-0.2, -0.15) is 0 Å². The number of anilines is 1. The smallest absolute Gasteiger partial charge is 0.263 e. The van der Waals surface area contributed by atoms with Crippen molar-refractivity contribution in [2.75, 3.05) is 5.32 Å². The van der Waals surface area contributed by atoms with Crippen molar-refractivity contribution in [2.24, 2.45) is 5.73 Å². The van der Waals surface area contributed by atoms with Crippen LogP contribution in [0.1, 0.15) is 45.7 Å². The van der Waals surface area contributed by atoms with Crippen molar-refractivity contribution in [2.45, 2.75) is 40.2 Å². The molecule has 0 aliphatic carbocycles. The molecular formula is C20H22N4O3S. The molecule has 3 rings (SSSR count). The van der Waals surface area contributed by atoms with Gasteiger partial charge in [0.15, 0.2) is 0 Å². The van der Waals surface area contributed by atoms with Crippen LogP contribution in [-0.2, 0) is 4.79 Å². The van der Waals surface area contributed by atoms with Gasteiger partial charge in [-0.25, -0.2) is 4.98 Å². The van der Waals surface area contributed by atoms with Gasteiger partial charge in [-0.1, -0.05) is 13.0 Å². The van der Waals surface area contributed by atoms with Crippen LogP contribution >= 0.6 is 11.3 Å². The third-order valence-electron chi connectivity index (χ3n) is 4.61. The van der Waals surface area contributed by atoms with Crippen molar-refractivity contribution in [3.05, 3.63) is 56.4 Å². The number of carbonyl (C=O) groups excluding carboxylic acids is 2. The Hall–Kier alpha value is -3.00. The fourth-order valence-electron chi connectivity index (χ4n) is 3.38. The van der Waals surface area contributed by atoms with Crippen LogP contribution in [0.4, 0.5) is 5.69 Å². The summed E-state index contributed by atoms with van der Waals surface area (Å²) in [5.74, 6) is -0.884. The van der Waals surface area contributed by atoms with Crippen molar-refractivity contribution in [3.8, 4) is 0 Å². The third-order valence-corrected chi connectivity index (χ3v) is 5.83. The standard InChI is InChI=1S/C20H22N4O3S/c1-5-14(18(26)23-13-7-10(2)6-11(3)8-13)24-9-22-19-15(20(24)27)12(4)16(28-19)17(21)25/h6-9,14H,5H2,1-4H3,(H2,21,25)(H,23,26). The van der Waals surface area contributed by atoms with Gasteiger partial charge in [0.2, 0.25) is 5.91 Å². The van der Waals surface area contributed by atoms with Gasteiger partial charge in [-0.3, -0.25) is 19.0 Å². The zero-order chi connectivity index (χ0) is 20.6. The van der Waals surface area contributed by atoms with E-state index in [2.05, 4.69) is 10.3 Å². The number of hydrogen-bond acceptors (Lipinski definition) is 5. The maximum atomic E-state index is 13.0. The van der Waals surface area contributed by atoms with Crippen LogP contribution in [0.25, 0.3) is 10.2 Å². The highest BCUT2D eigenvalue weighted by Crippen LogP contribution is 2.27. The third kappa shape index (κ3) is 3.55. The molecule has 3 aromatic rings. The number of fused-ring (bicyclic) bond motifs is 1. The van der Waals surface area contributed by atoms with E-state index in [9.17, 15) is 14.4 Å². The first kappa shape index (κ1) is 19.8. The molecule has 146 valence electrons. The quantitative estimate of drug-likeness (QED) is 0.689. The van der Waals surface area contributed by atoms with Gasteiger partial charge in [0.25, 0.3) is 11.5 Å². The summed E-state index contributed by atoms with van der Waals surface area (Å²) in [5, 5.41) is 3.22. The number of nitrogens with one attached hydrogen (secondary N) is 1. The first-order chi connectivity index (χ1) is 13.2. The molecule has 1 aromatic carbocycles. The highest BCUT2D eigenvalue weighted by atomic mass is 32.1. The molecule has 8 heteroatoms. The molecular weight excluding hydrogens is 376 g/mol. The maximum absolute atomic E-state index is 13.0. The van der Waals surface area contributed by atoms with Gasteiger partial charge in [-0.05, 0) is 56.0 Å². The van der Waals surface area contributed by atoms with E-state index in [4.69, 9.17) is 5.73 Å². The SMILES string of the molecule is CCC(C(=O)Nc1cc(C)cc(C)c1)n1cnc2sc(C(N)=O)c(C)c2c1=O. The Bertz CT molecular complexity index is 1130. The van der Waals surface area contributed by atoms with Gasteiger partial charge >= 0.3 is 0 Å². The second-order valence-electron chi connectivity index (χ2n) is 6.85. The molecule has 3 N–H and O–H groups in total. The minimum absolute atomic E-state index is 0.293. The first-order valence-corrected chi connectivity index (χ1v) is 9.73. The van der Waals surface area contributed by atoms with Crippen LogP contribution in [0.2, 0.25) is 0 Å². The lowest BCUT2D eigenvalue weighted by atomic mass is 10.1. The minimum atomic E-state index is -0.721. The molecule has 2 heterocycles. The summed E-state index contributed by atoms with van der Waals surface area (Å²) in [6, 6.07) is 5.06. The molecule has 1 atom stereocenters. The van der Waals surface area contributed by atoms with E-state index in [1.54, 1.807) is 6.92 Å². The van der Waals surface area contributed by atoms with Gasteiger partial charge in [0.05, 0.1) is 16.6 Å². The highest BCUT2D eigenvalue weighted by molar-refractivity contribution is 7.20. The maximum Gasteiger partial charge on any atom is 0.263 e. The number of rotatable bonds is 5. The number of aryl methyl sites for hydroxylation is 3. The van der Waals surface area contributed by atoms with E-state index in [1.807, 2.05) is 39.0 Å². The summed E-state index contributed by atoms with van der Waals surface area (Å²) in [6.07, 6.45) is 1.77. The molecule has 0 aliphatic heterocycles. The molecule has 0 saturated carbocycles. The Morgan fingerprint density at radius 3 is 2.43 bits per heavy atom. The molecule has 0 aliphatic rings. The van der Waals surface area contributed by atoms with Crippen LogP contribution in [0.5, 0.6) is 0 Å². The number of primary amides is 1. The highest BCUT2D eigenvalue weighted by Gasteiger charge is 2.24. The number of hydrogen-bond donors (Lipinski definition) is 2. The van der Waals surface area contributed by atoms with E-state index in [-0.39, 0.29) is 11.5 Å². The second kappa shape index (κ2) is 7.55. The molecule has 28 heavy (non-hydrogen) atoms. The summed E-state index contributed by atoms with van der Waals surface area (Å²) in [4.78, 5) is 42.5. The van der Waals surface area contributed by atoms with Gasteiger partial charge in [0, 0.05) is 5.69 Å². The fourth-order valence-corrected chi connectivity index (χ4v) is 4.37.